The van der Waals surface area contributed by atoms with Crippen LogP contribution in [0.3, 0.4) is 0 Å². The van der Waals surface area contributed by atoms with Gasteiger partial charge in [-0.2, -0.15) is 0 Å². The Bertz CT molecular complexity index is 1310. The number of hydrogen-bond donors (Lipinski definition) is 2. The first-order chi connectivity index (χ1) is 16.1. The Kier molecular flexibility index (Phi) is 5.18. The van der Waals surface area contributed by atoms with Crippen molar-refractivity contribution in [2.45, 2.75) is 50.7 Å². The highest BCUT2D eigenvalue weighted by molar-refractivity contribution is 5.88. The molecule has 0 amide bonds. The van der Waals surface area contributed by atoms with Crippen LogP contribution in [0.15, 0.2) is 48.7 Å². The number of pyridine rings is 1. The van der Waals surface area contributed by atoms with Crippen LogP contribution in [-0.2, 0) is 0 Å². The normalized spacial score (nSPS) is 22.7. The average Bonchev–Trinajstić information content (AvgIpc) is 3.25. The first kappa shape index (κ1) is 20.5. The van der Waals surface area contributed by atoms with Gasteiger partial charge in [0, 0.05) is 40.8 Å². The van der Waals surface area contributed by atoms with Gasteiger partial charge in [-0.25, -0.2) is 4.39 Å². The number of nitrogens with zero attached hydrogens (tertiary/aromatic N) is 1. The summed E-state index contributed by atoms with van der Waals surface area (Å²) in [6.07, 6.45) is 6.43. The molecule has 2 N–H and O–H groups in total. The van der Waals surface area contributed by atoms with Gasteiger partial charge in [-0.3, -0.25) is 4.98 Å². The minimum atomic E-state index is -0.173. The second-order valence-electron chi connectivity index (χ2n) is 9.35. The number of nitrogens with one attached hydrogen (secondary N) is 2. The Balaban J connectivity index is 1.07. The van der Waals surface area contributed by atoms with Gasteiger partial charge in [-0.1, -0.05) is 0 Å². The van der Waals surface area contributed by atoms with Crippen LogP contribution in [0.2, 0.25) is 0 Å². The van der Waals surface area contributed by atoms with Crippen molar-refractivity contribution in [3.63, 3.8) is 0 Å². The molecule has 3 heterocycles. The molecule has 0 radical (unpaired) electrons. The largest absolute Gasteiger partial charge is 0.486 e. The van der Waals surface area contributed by atoms with Gasteiger partial charge in [0.15, 0.2) is 11.5 Å². The molecule has 1 atom stereocenters. The molecule has 0 unspecified atom stereocenters. The van der Waals surface area contributed by atoms with Crippen molar-refractivity contribution in [3.05, 3.63) is 65.7 Å². The maximum absolute atomic E-state index is 13.7. The van der Waals surface area contributed by atoms with E-state index in [1.54, 1.807) is 6.07 Å². The van der Waals surface area contributed by atoms with E-state index in [0.717, 1.165) is 71.2 Å². The van der Waals surface area contributed by atoms with E-state index in [1.165, 1.54) is 11.6 Å². The van der Waals surface area contributed by atoms with Crippen molar-refractivity contribution >= 4 is 21.8 Å². The van der Waals surface area contributed by atoms with E-state index in [-0.39, 0.29) is 11.9 Å². The lowest BCUT2D eigenvalue weighted by atomic mass is 9.81. The molecule has 1 fully saturated rings. The van der Waals surface area contributed by atoms with E-state index in [9.17, 15) is 4.39 Å². The standard InChI is InChI=1S/C27H28FN3O2/c1-16-2-8-21-25(31-16)10-11-26-27(21)33-20(15-32-26)13-29-19-6-3-17(4-7-19)23-14-30-24-9-5-18(28)12-22(23)24/h2,5,8-12,14,17,19-20,29-30H,3-4,6-7,13,15H2,1H3/t17?,19?,20-/m0/s1. The predicted molar refractivity (Wildman–Crippen MR) is 128 cm³/mol. The molecule has 0 bridgehead atoms. The van der Waals surface area contributed by atoms with Crippen LogP contribution >= 0.6 is 0 Å². The SMILES string of the molecule is Cc1ccc2c3c(ccc2n1)OC[C@H](CNC1CCC(c2c[nH]c4ccc(F)cc24)CC1)O3. The van der Waals surface area contributed by atoms with Crippen molar-refractivity contribution in [2.75, 3.05) is 13.2 Å². The third-order valence-corrected chi connectivity index (χ3v) is 7.11. The van der Waals surface area contributed by atoms with Gasteiger partial charge in [-0.15, -0.1) is 0 Å². The molecule has 1 aliphatic carbocycles. The summed E-state index contributed by atoms with van der Waals surface area (Å²) in [7, 11) is 0. The number of aromatic nitrogens is 2. The average molecular weight is 446 g/mol. The molecule has 1 aliphatic heterocycles. The Labute approximate surface area is 192 Å². The lowest BCUT2D eigenvalue weighted by Gasteiger charge is -2.32. The highest BCUT2D eigenvalue weighted by Gasteiger charge is 2.27. The smallest absolute Gasteiger partial charge is 0.171 e. The quantitative estimate of drug-likeness (QED) is 0.428. The van der Waals surface area contributed by atoms with Crippen molar-refractivity contribution < 1.29 is 13.9 Å². The van der Waals surface area contributed by atoms with Crippen molar-refractivity contribution in [1.29, 1.82) is 0 Å². The summed E-state index contributed by atoms with van der Waals surface area (Å²) in [5, 5.41) is 5.72. The summed E-state index contributed by atoms with van der Waals surface area (Å²) >= 11 is 0. The highest BCUT2D eigenvalue weighted by Crippen LogP contribution is 2.39. The van der Waals surface area contributed by atoms with Crippen molar-refractivity contribution in [1.82, 2.24) is 15.3 Å². The van der Waals surface area contributed by atoms with E-state index >= 15 is 0 Å². The topological polar surface area (TPSA) is 59.2 Å². The molecule has 6 heteroatoms. The molecule has 2 aliphatic rings. The Morgan fingerprint density at radius 1 is 1.06 bits per heavy atom. The second-order valence-corrected chi connectivity index (χ2v) is 9.35. The van der Waals surface area contributed by atoms with Crippen LogP contribution in [0.25, 0.3) is 21.8 Å². The van der Waals surface area contributed by atoms with Gasteiger partial charge in [0.1, 0.15) is 18.5 Å². The number of aryl methyl sites for hydroxylation is 1. The zero-order valence-electron chi connectivity index (χ0n) is 18.7. The number of benzene rings is 2. The van der Waals surface area contributed by atoms with E-state index in [0.29, 0.717) is 18.6 Å². The zero-order chi connectivity index (χ0) is 22.4. The van der Waals surface area contributed by atoms with Crippen LogP contribution in [0.1, 0.15) is 42.9 Å². The van der Waals surface area contributed by atoms with Crippen molar-refractivity contribution in [2.24, 2.45) is 0 Å². The molecular formula is C27H28FN3O2. The molecule has 1 saturated carbocycles. The van der Waals surface area contributed by atoms with Gasteiger partial charge in [0.2, 0.25) is 0 Å². The minimum Gasteiger partial charge on any atom is -0.486 e. The third kappa shape index (κ3) is 3.93. The molecule has 4 aromatic rings. The maximum Gasteiger partial charge on any atom is 0.171 e. The Hall–Kier alpha value is -3.12. The summed E-state index contributed by atoms with van der Waals surface area (Å²) in [4.78, 5) is 7.90. The molecular weight excluding hydrogens is 417 g/mol. The van der Waals surface area contributed by atoms with Crippen molar-refractivity contribution in [3.8, 4) is 11.5 Å². The summed E-state index contributed by atoms with van der Waals surface area (Å²) < 4.78 is 26.1. The summed E-state index contributed by atoms with van der Waals surface area (Å²) in [6.45, 7) is 3.29. The van der Waals surface area contributed by atoms with Crippen LogP contribution in [-0.4, -0.2) is 35.3 Å². The van der Waals surface area contributed by atoms with Crippen LogP contribution < -0.4 is 14.8 Å². The fraction of sp³-hybridized carbons (Fsp3) is 0.370. The first-order valence-electron chi connectivity index (χ1n) is 11.8. The van der Waals surface area contributed by atoms with Crippen LogP contribution in [0, 0.1) is 12.7 Å². The number of rotatable bonds is 4. The van der Waals surface area contributed by atoms with Gasteiger partial charge in [-0.05, 0) is 86.6 Å². The van der Waals surface area contributed by atoms with Gasteiger partial charge >= 0.3 is 0 Å². The van der Waals surface area contributed by atoms with Gasteiger partial charge in [0.25, 0.3) is 0 Å². The molecule has 33 heavy (non-hydrogen) atoms. The van der Waals surface area contributed by atoms with Crippen LogP contribution in [0.4, 0.5) is 4.39 Å². The van der Waals surface area contributed by atoms with E-state index in [1.807, 2.05) is 31.2 Å². The maximum atomic E-state index is 13.7. The summed E-state index contributed by atoms with van der Waals surface area (Å²) in [6, 6.07) is 13.5. The Morgan fingerprint density at radius 2 is 1.94 bits per heavy atom. The minimum absolute atomic E-state index is 0.0290. The number of hydrogen-bond acceptors (Lipinski definition) is 4. The monoisotopic (exact) mass is 445 g/mol. The zero-order valence-corrected chi connectivity index (χ0v) is 18.7. The lowest BCUT2D eigenvalue weighted by molar-refractivity contribution is 0.0885. The summed E-state index contributed by atoms with van der Waals surface area (Å²) in [5.41, 5.74) is 4.19. The fourth-order valence-electron chi connectivity index (χ4n) is 5.34. The molecule has 5 nitrogen and oxygen atoms in total. The second kappa shape index (κ2) is 8.34. The van der Waals surface area contributed by atoms with Gasteiger partial charge < -0.3 is 19.8 Å². The predicted octanol–water partition coefficient (Wildman–Crippen LogP) is 5.62. The molecule has 0 saturated heterocycles. The van der Waals surface area contributed by atoms with Gasteiger partial charge in [0.05, 0.1) is 5.52 Å². The van der Waals surface area contributed by atoms with E-state index in [2.05, 4.69) is 27.5 Å². The number of aromatic amines is 1. The number of halogens is 1. The van der Waals surface area contributed by atoms with E-state index in [4.69, 9.17) is 9.47 Å². The number of fused-ring (bicyclic) bond motifs is 4. The Morgan fingerprint density at radius 3 is 2.82 bits per heavy atom. The first-order valence-corrected chi connectivity index (χ1v) is 11.8. The fourth-order valence-corrected chi connectivity index (χ4v) is 5.34. The molecule has 6 rings (SSSR count). The number of ether oxygens (including phenoxy) is 2. The van der Waals surface area contributed by atoms with E-state index < -0.39 is 0 Å². The highest BCUT2D eigenvalue weighted by atomic mass is 19.1. The molecule has 170 valence electrons. The lowest BCUT2D eigenvalue weighted by Crippen LogP contribution is -2.43. The molecule has 2 aromatic heterocycles. The summed E-state index contributed by atoms with van der Waals surface area (Å²) in [5.74, 6) is 1.89. The van der Waals surface area contributed by atoms with Crippen LogP contribution in [0.5, 0.6) is 11.5 Å². The third-order valence-electron chi connectivity index (χ3n) is 7.11. The number of H-pyrrole nitrogens is 1. The molecule has 2 aromatic carbocycles. The molecule has 0 spiro atoms.